The van der Waals surface area contributed by atoms with Gasteiger partial charge in [-0.15, -0.1) is 0 Å². The molecule has 1 aromatic carbocycles. The fraction of sp³-hybridized carbons (Fsp3) is 0.353. The maximum absolute atomic E-state index is 11.0. The maximum Gasteiger partial charge on any atom is 0.170 e. The molecular formula is C17H20NO3P. The largest absolute Gasteiger partial charge is 0.490 e. The normalized spacial score (nSPS) is 10.7. The zero-order valence-electron chi connectivity index (χ0n) is 13.1. The van der Waals surface area contributed by atoms with Crippen molar-refractivity contribution in [1.82, 2.24) is 4.98 Å². The molecule has 4 nitrogen and oxygen atoms in total. The van der Waals surface area contributed by atoms with Crippen LogP contribution in [0.5, 0.6) is 11.5 Å². The molecule has 5 heteroatoms. The van der Waals surface area contributed by atoms with Gasteiger partial charge in [-0.2, -0.15) is 0 Å². The van der Waals surface area contributed by atoms with Crippen LogP contribution >= 0.6 is 8.46 Å². The molecule has 0 saturated heterocycles. The summed E-state index contributed by atoms with van der Waals surface area (Å²) < 4.78 is 22.6. The van der Waals surface area contributed by atoms with Crippen LogP contribution in [0.1, 0.15) is 25.0 Å². The minimum absolute atomic E-state index is 0.0595. The molecule has 0 radical (unpaired) electrons. The average molecular weight is 317 g/mol. The van der Waals surface area contributed by atoms with Gasteiger partial charge < -0.3 is 9.47 Å². The van der Waals surface area contributed by atoms with Crippen molar-refractivity contribution in [3.05, 3.63) is 41.6 Å². The van der Waals surface area contributed by atoms with Crippen LogP contribution in [0.15, 0.2) is 30.5 Å². The van der Waals surface area contributed by atoms with Crippen LogP contribution in [0.4, 0.5) is 0 Å². The van der Waals surface area contributed by atoms with Gasteiger partial charge in [-0.05, 0) is 44.5 Å². The molecule has 0 N–H and O–H groups in total. The van der Waals surface area contributed by atoms with E-state index in [-0.39, 0.29) is 8.46 Å². The molecule has 0 aliphatic carbocycles. The first-order chi connectivity index (χ1) is 10.7. The lowest BCUT2D eigenvalue weighted by Crippen LogP contribution is -2.03. The molecule has 116 valence electrons. The lowest BCUT2D eigenvalue weighted by molar-refractivity contribution is 0.287. The van der Waals surface area contributed by atoms with E-state index in [0.717, 1.165) is 22.4 Å². The van der Waals surface area contributed by atoms with Crippen molar-refractivity contribution in [2.24, 2.45) is 0 Å². The van der Waals surface area contributed by atoms with Crippen molar-refractivity contribution in [3.8, 4) is 22.8 Å². The van der Waals surface area contributed by atoms with Crippen LogP contribution < -0.4 is 9.47 Å². The molecule has 1 heterocycles. The van der Waals surface area contributed by atoms with Gasteiger partial charge in [0.25, 0.3) is 0 Å². The summed E-state index contributed by atoms with van der Waals surface area (Å²) in [7, 11) is 0.0595. The van der Waals surface area contributed by atoms with Crippen LogP contribution in [-0.4, -0.2) is 18.2 Å². The van der Waals surface area contributed by atoms with Crippen molar-refractivity contribution in [2.45, 2.75) is 26.9 Å². The first-order valence-electron chi connectivity index (χ1n) is 7.34. The summed E-state index contributed by atoms with van der Waals surface area (Å²) in [5.41, 5.74) is 3.74. The lowest BCUT2D eigenvalue weighted by Gasteiger charge is -2.17. The van der Waals surface area contributed by atoms with Crippen LogP contribution in [0, 0.1) is 6.92 Å². The zero-order valence-corrected chi connectivity index (χ0v) is 14.0. The van der Waals surface area contributed by atoms with E-state index in [1.165, 1.54) is 0 Å². The number of aromatic nitrogens is 1. The molecular weight excluding hydrogens is 297 g/mol. The summed E-state index contributed by atoms with van der Waals surface area (Å²) in [5, 5.41) is 0. The molecule has 0 aliphatic rings. The molecule has 0 bridgehead atoms. The predicted molar refractivity (Wildman–Crippen MR) is 88.1 cm³/mol. The molecule has 22 heavy (non-hydrogen) atoms. The highest BCUT2D eigenvalue weighted by Gasteiger charge is 2.18. The van der Waals surface area contributed by atoms with Crippen LogP contribution in [-0.2, 0) is 10.7 Å². The van der Waals surface area contributed by atoms with Crippen LogP contribution in [0.3, 0.4) is 0 Å². The Balaban J connectivity index is 2.62. The Morgan fingerprint density at radius 2 is 1.82 bits per heavy atom. The highest BCUT2D eigenvalue weighted by Crippen LogP contribution is 2.41. The van der Waals surface area contributed by atoms with Gasteiger partial charge in [0.15, 0.2) is 20.0 Å². The van der Waals surface area contributed by atoms with E-state index in [0.29, 0.717) is 30.9 Å². The van der Waals surface area contributed by atoms with Crippen molar-refractivity contribution in [3.63, 3.8) is 0 Å². The summed E-state index contributed by atoms with van der Waals surface area (Å²) in [5.74, 6) is 1.33. The molecule has 0 fully saturated rings. The van der Waals surface area contributed by atoms with Gasteiger partial charge in [-0.1, -0.05) is 6.07 Å². The molecule has 0 saturated carbocycles. The summed E-state index contributed by atoms with van der Waals surface area (Å²) in [6.07, 6.45) is 2.18. The third-order valence-corrected chi connectivity index (χ3v) is 3.67. The standard InChI is InChI=1S/C17H20NO3P/c1-4-20-16-13(11-22-19)6-7-14(17(16)21-5-2)15-10-12(3)8-9-18-15/h6-10H,4-5,11H2,1-3H3. The molecule has 0 unspecified atom stereocenters. The fourth-order valence-electron chi connectivity index (χ4n) is 2.27. The number of hydrogen-bond acceptors (Lipinski definition) is 4. The Labute approximate surface area is 132 Å². The topological polar surface area (TPSA) is 48.4 Å². The maximum atomic E-state index is 11.0. The SMILES string of the molecule is CCOc1c(CP=O)ccc(-c2cc(C)ccn2)c1OCC. The van der Waals surface area contributed by atoms with Gasteiger partial charge >= 0.3 is 0 Å². The number of ether oxygens (including phenoxy) is 2. The highest BCUT2D eigenvalue weighted by atomic mass is 31.1. The van der Waals surface area contributed by atoms with E-state index in [4.69, 9.17) is 9.47 Å². The van der Waals surface area contributed by atoms with Gasteiger partial charge in [-0.3, -0.25) is 9.55 Å². The van der Waals surface area contributed by atoms with Gasteiger partial charge in [-0.25, -0.2) is 0 Å². The van der Waals surface area contributed by atoms with Gasteiger partial charge in [0.2, 0.25) is 0 Å². The number of hydrogen-bond donors (Lipinski definition) is 0. The average Bonchev–Trinajstić information content (AvgIpc) is 2.51. The molecule has 0 atom stereocenters. The smallest absolute Gasteiger partial charge is 0.170 e. The van der Waals surface area contributed by atoms with Crippen molar-refractivity contribution in [1.29, 1.82) is 0 Å². The monoisotopic (exact) mass is 317 g/mol. The second-order valence-corrected chi connectivity index (χ2v) is 5.38. The number of rotatable bonds is 7. The third kappa shape index (κ3) is 3.63. The Bertz CT molecular complexity index is 658. The van der Waals surface area contributed by atoms with E-state index >= 15 is 0 Å². The molecule has 1 aromatic heterocycles. The lowest BCUT2D eigenvalue weighted by atomic mass is 10.0. The number of aryl methyl sites for hydroxylation is 1. The van der Waals surface area contributed by atoms with Crippen LogP contribution in [0.25, 0.3) is 11.3 Å². The van der Waals surface area contributed by atoms with Crippen molar-refractivity contribution in [2.75, 3.05) is 13.2 Å². The zero-order chi connectivity index (χ0) is 15.9. The first kappa shape index (κ1) is 16.4. The van der Waals surface area contributed by atoms with Gasteiger partial charge in [0.05, 0.1) is 25.1 Å². The molecule has 0 spiro atoms. The second-order valence-electron chi connectivity index (χ2n) is 4.80. The Hall–Kier alpha value is -1.93. The minimum Gasteiger partial charge on any atom is -0.490 e. The van der Waals surface area contributed by atoms with E-state index < -0.39 is 0 Å². The predicted octanol–water partition coefficient (Wildman–Crippen LogP) is 4.65. The summed E-state index contributed by atoms with van der Waals surface area (Å²) in [6, 6.07) is 7.85. The Kier molecular flexibility index (Phi) is 5.91. The molecule has 0 amide bonds. The van der Waals surface area contributed by atoms with E-state index in [1.54, 1.807) is 6.20 Å². The summed E-state index contributed by atoms with van der Waals surface area (Å²) in [6.45, 7) is 6.93. The Morgan fingerprint density at radius 3 is 2.45 bits per heavy atom. The van der Waals surface area contributed by atoms with Gasteiger partial charge in [0, 0.05) is 17.3 Å². The minimum atomic E-state index is 0.0595. The quantitative estimate of drug-likeness (QED) is 0.698. The summed E-state index contributed by atoms with van der Waals surface area (Å²) >= 11 is 0. The first-order valence-corrected chi connectivity index (χ1v) is 8.34. The third-order valence-electron chi connectivity index (χ3n) is 3.20. The molecule has 2 aromatic rings. The fourth-order valence-corrected chi connectivity index (χ4v) is 2.66. The van der Waals surface area contributed by atoms with Crippen molar-refractivity contribution < 1.29 is 14.0 Å². The highest BCUT2D eigenvalue weighted by molar-refractivity contribution is 7.22. The molecule has 2 rings (SSSR count). The van der Waals surface area contributed by atoms with Crippen molar-refractivity contribution >= 4 is 8.46 Å². The van der Waals surface area contributed by atoms with Gasteiger partial charge in [0.1, 0.15) is 0 Å². The number of pyridine rings is 1. The van der Waals surface area contributed by atoms with E-state index in [9.17, 15) is 4.57 Å². The Morgan fingerprint density at radius 1 is 1.09 bits per heavy atom. The second kappa shape index (κ2) is 7.90. The van der Waals surface area contributed by atoms with Crippen LogP contribution in [0.2, 0.25) is 0 Å². The number of benzene rings is 1. The van der Waals surface area contributed by atoms with E-state index in [1.807, 2.05) is 45.0 Å². The number of nitrogens with zero attached hydrogens (tertiary/aromatic N) is 1. The van der Waals surface area contributed by atoms with E-state index in [2.05, 4.69) is 4.98 Å². The molecule has 0 aliphatic heterocycles. The summed E-state index contributed by atoms with van der Waals surface area (Å²) in [4.78, 5) is 4.43.